The number of nitrogens with two attached hydrogens (primary N) is 1. The predicted molar refractivity (Wildman–Crippen MR) is 66.0 cm³/mol. The fourth-order valence-corrected chi connectivity index (χ4v) is 1.33. The van der Waals surface area contributed by atoms with Crippen LogP contribution in [0.1, 0.15) is 40.6 Å². The molecule has 1 rings (SSSR count). The van der Waals surface area contributed by atoms with Crippen LogP contribution in [0.4, 0.5) is 0 Å². The number of aliphatic hydroxyl groups is 1. The van der Waals surface area contributed by atoms with Gasteiger partial charge < -0.3 is 16.2 Å². The van der Waals surface area contributed by atoms with Crippen LogP contribution in [0.2, 0.25) is 0 Å². The topological polar surface area (TPSA) is 105 Å². The summed E-state index contributed by atoms with van der Waals surface area (Å²) in [7, 11) is 0. The first kappa shape index (κ1) is 14.1. The van der Waals surface area contributed by atoms with E-state index in [1.54, 1.807) is 0 Å². The van der Waals surface area contributed by atoms with Crippen LogP contribution in [0.3, 0.4) is 0 Å². The highest BCUT2D eigenvalue weighted by Crippen LogP contribution is 2.00. The monoisotopic (exact) mass is 251 g/mol. The molecule has 6 nitrogen and oxygen atoms in total. The molecule has 1 heterocycles. The molecule has 18 heavy (non-hydrogen) atoms. The van der Waals surface area contributed by atoms with E-state index in [9.17, 15) is 14.7 Å². The summed E-state index contributed by atoms with van der Waals surface area (Å²) in [6.07, 6.45) is 2.06. The highest BCUT2D eigenvalue weighted by atomic mass is 16.3. The number of nitrogens with zero attached hydrogens (tertiary/aromatic N) is 1. The molecule has 1 aromatic heterocycles. The molecule has 98 valence electrons. The van der Waals surface area contributed by atoms with Crippen molar-refractivity contribution >= 4 is 11.8 Å². The van der Waals surface area contributed by atoms with Crippen molar-refractivity contribution in [3.63, 3.8) is 0 Å². The number of amides is 2. The van der Waals surface area contributed by atoms with Gasteiger partial charge in [-0.15, -0.1) is 0 Å². The summed E-state index contributed by atoms with van der Waals surface area (Å²) in [4.78, 5) is 26.2. The van der Waals surface area contributed by atoms with Gasteiger partial charge in [0.25, 0.3) is 11.8 Å². The summed E-state index contributed by atoms with van der Waals surface area (Å²) in [5.74, 6) is -0.921. The van der Waals surface area contributed by atoms with Crippen LogP contribution in [-0.2, 0) is 0 Å². The van der Waals surface area contributed by atoms with E-state index in [1.165, 1.54) is 18.3 Å². The maximum absolute atomic E-state index is 11.6. The average molecular weight is 251 g/mol. The quantitative estimate of drug-likeness (QED) is 0.665. The minimum absolute atomic E-state index is 0.118. The third-order valence-electron chi connectivity index (χ3n) is 2.51. The van der Waals surface area contributed by atoms with Crippen molar-refractivity contribution in [1.82, 2.24) is 10.3 Å². The highest BCUT2D eigenvalue weighted by Gasteiger charge is 2.08. The lowest BCUT2D eigenvalue weighted by Crippen LogP contribution is -2.27. The van der Waals surface area contributed by atoms with E-state index in [-0.39, 0.29) is 11.6 Å². The van der Waals surface area contributed by atoms with Gasteiger partial charge in [0.2, 0.25) is 0 Å². The number of aliphatic hydroxyl groups excluding tert-OH is 1. The minimum atomic E-state index is -0.631. The van der Waals surface area contributed by atoms with E-state index in [1.807, 2.05) is 6.92 Å². The molecule has 0 saturated carbocycles. The van der Waals surface area contributed by atoms with Crippen LogP contribution in [0.25, 0.3) is 0 Å². The molecule has 0 aliphatic heterocycles. The molecule has 0 fully saturated rings. The standard InChI is InChI=1S/C12H17N3O3/c1-2-9(16)5-6-14-12(18)8-3-4-10(11(13)17)15-7-8/h3-4,7,9,16H,2,5-6H2,1H3,(H2,13,17)(H,14,18)/t9-/m1/s1. The smallest absolute Gasteiger partial charge is 0.267 e. The van der Waals surface area contributed by atoms with Crippen LogP contribution >= 0.6 is 0 Å². The fraction of sp³-hybridized carbons (Fsp3) is 0.417. The minimum Gasteiger partial charge on any atom is -0.393 e. The molecule has 0 spiro atoms. The molecule has 1 aromatic rings. The van der Waals surface area contributed by atoms with E-state index in [0.29, 0.717) is 24.9 Å². The van der Waals surface area contributed by atoms with E-state index in [0.717, 1.165) is 0 Å². The van der Waals surface area contributed by atoms with Gasteiger partial charge in [-0.3, -0.25) is 14.6 Å². The Bertz CT molecular complexity index is 417. The van der Waals surface area contributed by atoms with Gasteiger partial charge in [0.15, 0.2) is 0 Å². The van der Waals surface area contributed by atoms with Crippen LogP contribution in [0.15, 0.2) is 18.3 Å². The summed E-state index contributed by atoms with van der Waals surface area (Å²) < 4.78 is 0. The Labute approximate surface area is 105 Å². The molecule has 0 radical (unpaired) electrons. The van der Waals surface area contributed by atoms with Gasteiger partial charge in [0, 0.05) is 12.7 Å². The Morgan fingerprint density at radius 3 is 2.72 bits per heavy atom. The number of carbonyl (C=O) groups excluding carboxylic acids is 2. The number of hydrogen-bond donors (Lipinski definition) is 3. The second-order valence-corrected chi connectivity index (χ2v) is 3.90. The van der Waals surface area contributed by atoms with E-state index in [2.05, 4.69) is 10.3 Å². The molecule has 0 aromatic carbocycles. The molecular weight excluding hydrogens is 234 g/mol. The summed E-state index contributed by atoms with van der Waals surface area (Å²) in [6, 6.07) is 2.89. The Kier molecular flexibility index (Phi) is 5.26. The molecule has 6 heteroatoms. The van der Waals surface area contributed by atoms with Crippen molar-refractivity contribution < 1.29 is 14.7 Å². The van der Waals surface area contributed by atoms with E-state index < -0.39 is 12.0 Å². The van der Waals surface area contributed by atoms with Gasteiger partial charge in [-0.1, -0.05) is 6.92 Å². The molecule has 0 aliphatic carbocycles. The zero-order chi connectivity index (χ0) is 13.5. The number of pyridine rings is 1. The van der Waals surface area contributed by atoms with Crippen molar-refractivity contribution in [2.45, 2.75) is 25.9 Å². The lowest BCUT2D eigenvalue weighted by molar-refractivity contribution is 0.0938. The van der Waals surface area contributed by atoms with E-state index >= 15 is 0 Å². The van der Waals surface area contributed by atoms with Gasteiger partial charge in [-0.25, -0.2) is 0 Å². The third kappa shape index (κ3) is 4.14. The lowest BCUT2D eigenvalue weighted by Gasteiger charge is -2.08. The van der Waals surface area contributed by atoms with Gasteiger partial charge in [-0.05, 0) is 25.0 Å². The van der Waals surface area contributed by atoms with Gasteiger partial charge in [-0.2, -0.15) is 0 Å². The Morgan fingerprint density at radius 2 is 2.22 bits per heavy atom. The first-order valence-electron chi connectivity index (χ1n) is 5.76. The Balaban J connectivity index is 2.49. The van der Waals surface area contributed by atoms with Gasteiger partial charge >= 0.3 is 0 Å². The van der Waals surface area contributed by atoms with Gasteiger partial charge in [0.05, 0.1) is 11.7 Å². The number of nitrogens with one attached hydrogen (secondary N) is 1. The fourth-order valence-electron chi connectivity index (χ4n) is 1.33. The number of hydrogen-bond acceptors (Lipinski definition) is 4. The van der Waals surface area contributed by atoms with Crippen LogP contribution in [0.5, 0.6) is 0 Å². The zero-order valence-corrected chi connectivity index (χ0v) is 10.2. The van der Waals surface area contributed by atoms with Crippen molar-refractivity contribution in [2.24, 2.45) is 5.73 Å². The summed E-state index contributed by atoms with van der Waals surface area (Å²) >= 11 is 0. The largest absolute Gasteiger partial charge is 0.393 e. The molecule has 0 aliphatic rings. The molecule has 4 N–H and O–H groups in total. The second kappa shape index (κ2) is 6.70. The van der Waals surface area contributed by atoms with Crippen molar-refractivity contribution in [3.8, 4) is 0 Å². The molecule has 0 unspecified atom stereocenters. The maximum Gasteiger partial charge on any atom is 0.267 e. The summed E-state index contributed by atoms with van der Waals surface area (Å²) in [5, 5.41) is 12.0. The molecule has 0 saturated heterocycles. The Morgan fingerprint density at radius 1 is 1.50 bits per heavy atom. The number of primary amides is 1. The van der Waals surface area contributed by atoms with Crippen molar-refractivity contribution in [1.29, 1.82) is 0 Å². The van der Waals surface area contributed by atoms with Gasteiger partial charge in [0.1, 0.15) is 5.69 Å². The third-order valence-corrected chi connectivity index (χ3v) is 2.51. The zero-order valence-electron chi connectivity index (χ0n) is 10.2. The first-order valence-corrected chi connectivity index (χ1v) is 5.76. The predicted octanol–water partition coefficient (Wildman–Crippen LogP) is 0.0713. The average Bonchev–Trinajstić information content (AvgIpc) is 2.38. The number of rotatable bonds is 6. The van der Waals surface area contributed by atoms with Crippen molar-refractivity contribution in [3.05, 3.63) is 29.6 Å². The molecule has 2 amide bonds. The van der Waals surface area contributed by atoms with Crippen LogP contribution in [-0.4, -0.2) is 34.6 Å². The molecular formula is C12H17N3O3. The maximum atomic E-state index is 11.6. The number of carbonyl (C=O) groups is 2. The van der Waals surface area contributed by atoms with Crippen molar-refractivity contribution in [2.75, 3.05) is 6.54 Å². The normalized spacial score (nSPS) is 11.9. The SMILES string of the molecule is CC[C@@H](O)CCNC(=O)c1ccc(C(N)=O)nc1. The lowest BCUT2D eigenvalue weighted by atomic mass is 10.2. The van der Waals surface area contributed by atoms with E-state index in [4.69, 9.17) is 5.73 Å². The summed E-state index contributed by atoms with van der Waals surface area (Å²) in [6.45, 7) is 2.27. The first-order chi connectivity index (χ1) is 8.54. The number of aromatic nitrogens is 1. The second-order valence-electron chi connectivity index (χ2n) is 3.90. The molecule has 1 atom stereocenters. The van der Waals surface area contributed by atoms with Crippen LogP contribution in [0, 0.1) is 0 Å². The summed E-state index contributed by atoms with van der Waals surface area (Å²) in [5.41, 5.74) is 5.51. The molecule has 0 bridgehead atoms. The Hall–Kier alpha value is -1.95. The van der Waals surface area contributed by atoms with Crippen LogP contribution < -0.4 is 11.1 Å². The highest BCUT2D eigenvalue weighted by molar-refractivity contribution is 5.95.